The van der Waals surface area contributed by atoms with Gasteiger partial charge in [-0.25, -0.2) is 9.49 Å². The lowest BCUT2D eigenvalue weighted by Gasteiger charge is -2.36. The number of nitrogens with zero attached hydrogens (tertiary/aromatic N) is 2. The summed E-state index contributed by atoms with van der Waals surface area (Å²) >= 11 is 0. The van der Waals surface area contributed by atoms with Crippen molar-refractivity contribution in [2.75, 3.05) is 20.2 Å². The van der Waals surface area contributed by atoms with Gasteiger partial charge in [0, 0.05) is 32.0 Å². The summed E-state index contributed by atoms with van der Waals surface area (Å²) in [6, 6.07) is 11.8. The summed E-state index contributed by atoms with van der Waals surface area (Å²) in [5.74, 6) is -0.657. The molecule has 156 valence electrons. The van der Waals surface area contributed by atoms with Crippen LogP contribution in [0.1, 0.15) is 35.0 Å². The maximum atomic E-state index is 14.5. The Hall–Kier alpha value is -3.06. The summed E-state index contributed by atoms with van der Waals surface area (Å²) in [4.78, 5) is 26.7. The minimum atomic E-state index is -0.537. The van der Waals surface area contributed by atoms with E-state index in [0.717, 1.165) is 17.4 Å². The van der Waals surface area contributed by atoms with Gasteiger partial charge in [0.15, 0.2) is 0 Å². The number of methoxy groups -OCH3 is 1. The maximum absolute atomic E-state index is 14.5. The number of likely N-dealkylation sites (tertiary alicyclic amines) is 1. The van der Waals surface area contributed by atoms with E-state index in [2.05, 4.69) is 10.2 Å². The van der Waals surface area contributed by atoms with Gasteiger partial charge in [0.05, 0.1) is 22.7 Å². The zero-order chi connectivity index (χ0) is 21.3. The lowest BCUT2D eigenvalue weighted by molar-refractivity contribution is 0.00282. The number of benzene rings is 2. The van der Waals surface area contributed by atoms with E-state index < -0.39 is 5.82 Å². The van der Waals surface area contributed by atoms with Crippen LogP contribution in [0.15, 0.2) is 47.3 Å². The number of H-pyrrole nitrogens is 1. The van der Waals surface area contributed by atoms with Gasteiger partial charge in [-0.3, -0.25) is 9.59 Å². The number of nitrogens with one attached hydrogen (secondary N) is 1. The van der Waals surface area contributed by atoms with Gasteiger partial charge in [0.2, 0.25) is 0 Å². The molecule has 0 radical (unpaired) electrons. The molecule has 2 atom stereocenters. The van der Waals surface area contributed by atoms with Crippen LogP contribution in [0, 0.1) is 11.7 Å². The van der Waals surface area contributed by atoms with Gasteiger partial charge in [-0.1, -0.05) is 31.2 Å². The molecule has 6 nitrogen and oxygen atoms in total. The summed E-state index contributed by atoms with van der Waals surface area (Å²) in [5.41, 5.74) is 1.23. The van der Waals surface area contributed by atoms with E-state index in [9.17, 15) is 14.0 Å². The highest BCUT2D eigenvalue weighted by Crippen LogP contribution is 2.23. The molecule has 0 bridgehead atoms. The largest absolute Gasteiger partial charge is 0.381 e. The first-order chi connectivity index (χ1) is 14.5. The van der Waals surface area contributed by atoms with Crippen molar-refractivity contribution in [3.63, 3.8) is 0 Å². The fourth-order valence-electron chi connectivity index (χ4n) is 4.17. The molecule has 7 heteroatoms. The van der Waals surface area contributed by atoms with E-state index in [1.807, 2.05) is 19.1 Å². The normalized spacial score (nSPS) is 19.2. The molecule has 1 aliphatic rings. The third-order valence-corrected chi connectivity index (χ3v) is 5.82. The van der Waals surface area contributed by atoms with Gasteiger partial charge in [-0.2, -0.15) is 5.10 Å². The maximum Gasteiger partial charge on any atom is 0.272 e. The zero-order valence-corrected chi connectivity index (χ0v) is 17.0. The third-order valence-electron chi connectivity index (χ3n) is 5.82. The number of carbonyl (C=O) groups excluding carboxylic acids is 1. The third kappa shape index (κ3) is 3.85. The van der Waals surface area contributed by atoms with Crippen LogP contribution in [-0.2, 0) is 11.2 Å². The number of rotatable bonds is 4. The topological polar surface area (TPSA) is 75.3 Å². The number of fused-ring (bicyclic) bond motifs is 1. The molecule has 1 aliphatic heterocycles. The Morgan fingerprint density at radius 3 is 2.77 bits per heavy atom. The molecule has 1 amide bonds. The fraction of sp³-hybridized carbons (Fsp3) is 0.348. The van der Waals surface area contributed by atoms with Crippen molar-refractivity contribution in [1.82, 2.24) is 15.1 Å². The number of halogens is 1. The predicted molar refractivity (Wildman–Crippen MR) is 112 cm³/mol. The summed E-state index contributed by atoms with van der Waals surface area (Å²) < 4.78 is 20.0. The fourth-order valence-corrected chi connectivity index (χ4v) is 4.17. The van der Waals surface area contributed by atoms with Gasteiger partial charge >= 0.3 is 0 Å². The Balaban J connectivity index is 1.61. The summed E-state index contributed by atoms with van der Waals surface area (Å²) in [6.45, 7) is 3.11. The smallest absolute Gasteiger partial charge is 0.272 e. The van der Waals surface area contributed by atoms with Crippen molar-refractivity contribution in [1.29, 1.82) is 0 Å². The van der Waals surface area contributed by atoms with Crippen LogP contribution in [0.2, 0.25) is 0 Å². The first-order valence-corrected chi connectivity index (χ1v) is 10.0. The van der Waals surface area contributed by atoms with Gasteiger partial charge in [-0.05, 0) is 36.1 Å². The molecule has 2 heterocycles. The van der Waals surface area contributed by atoms with Crippen LogP contribution in [0.25, 0.3) is 10.8 Å². The van der Waals surface area contributed by atoms with Crippen molar-refractivity contribution in [3.05, 3.63) is 75.5 Å². The van der Waals surface area contributed by atoms with E-state index in [1.54, 1.807) is 36.3 Å². The molecule has 4 rings (SSSR count). The quantitative estimate of drug-likeness (QED) is 0.718. The number of ether oxygens (including phenoxy) is 1. The van der Waals surface area contributed by atoms with Crippen molar-refractivity contribution >= 4 is 16.7 Å². The number of aromatic nitrogens is 2. The molecule has 2 aromatic carbocycles. The molecule has 2 unspecified atom stereocenters. The molecule has 0 aliphatic carbocycles. The average molecular weight is 409 g/mol. The molecule has 0 saturated carbocycles. The van der Waals surface area contributed by atoms with Gasteiger partial charge < -0.3 is 9.64 Å². The number of carbonyl (C=O) groups is 1. The van der Waals surface area contributed by atoms with Crippen LogP contribution in [0.4, 0.5) is 4.39 Å². The van der Waals surface area contributed by atoms with Crippen LogP contribution in [-0.4, -0.2) is 47.3 Å². The SMILES string of the molecule is COC1CCN(C(=O)c2cc(Cc3n[nH]c(=O)c4ccccc34)ccc2F)CC1C. The molecule has 0 spiro atoms. The summed E-state index contributed by atoms with van der Waals surface area (Å²) in [6.07, 6.45) is 1.22. The number of aromatic amines is 1. The second kappa shape index (κ2) is 8.36. The molecule has 1 saturated heterocycles. The standard InChI is InChI=1S/C23H24FN3O3/c1-14-13-27(10-9-21(14)30-2)23(29)18-11-15(7-8-19(18)24)12-20-16-5-3-4-6-17(16)22(28)26-25-20/h3-8,11,14,21H,9-10,12-13H2,1-2H3,(H,26,28). The first kappa shape index (κ1) is 20.2. The van der Waals surface area contributed by atoms with Crippen molar-refractivity contribution in [2.45, 2.75) is 25.9 Å². The Morgan fingerprint density at radius 2 is 2.03 bits per heavy atom. The minimum absolute atomic E-state index is 0.0595. The summed E-state index contributed by atoms with van der Waals surface area (Å²) in [7, 11) is 1.68. The van der Waals surface area contributed by atoms with E-state index in [1.165, 1.54) is 6.07 Å². The molecule has 1 aromatic heterocycles. The number of amides is 1. The van der Waals surface area contributed by atoms with Crippen molar-refractivity contribution in [2.24, 2.45) is 5.92 Å². The van der Waals surface area contributed by atoms with E-state index in [-0.39, 0.29) is 29.1 Å². The van der Waals surface area contributed by atoms with Gasteiger partial charge in [0.1, 0.15) is 5.82 Å². The van der Waals surface area contributed by atoms with E-state index in [0.29, 0.717) is 30.6 Å². The number of hydrogen-bond acceptors (Lipinski definition) is 4. The number of piperidine rings is 1. The molecular formula is C23H24FN3O3. The highest BCUT2D eigenvalue weighted by Gasteiger charge is 2.30. The monoisotopic (exact) mass is 409 g/mol. The van der Waals surface area contributed by atoms with Crippen LogP contribution in [0.5, 0.6) is 0 Å². The molecule has 3 aromatic rings. The Labute approximate surface area is 173 Å². The Morgan fingerprint density at radius 1 is 1.27 bits per heavy atom. The second-order valence-corrected chi connectivity index (χ2v) is 7.83. The lowest BCUT2D eigenvalue weighted by Crippen LogP contribution is -2.45. The zero-order valence-electron chi connectivity index (χ0n) is 17.0. The Kier molecular flexibility index (Phi) is 5.63. The average Bonchev–Trinajstić information content (AvgIpc) is 2.76. The molecule has 30 heavy (non-hydrogen) atoms. The predicted octanol–water partition coefficient (Wildman–Crippen LogP) is 3.15. The molecule has 1 N–H and O–H groups in total. The van der Waals surface area contributed by atoms with Crippen molar-refractivity contribution in [3.8, 4) is 0 Å². The second-order valence-electron chi connectivity index (χ2n) is 7.83. The van der Waals surface area contributed by atoms with Crippen LogP contribution in [0.3, 0.4) is 0 Å². The molecular weight excluding hydrogens is 385 g/mol. The lowest BCUT2D eigenvalue weighted by atomic mass is 9.95. The van der Waals surface area contributed by atoms with Crippen molar-refractivity contribution < 1.29 is 13.9 Å². The summed E-state index contributed by atoms with van der Waals surface area (Å²) in [5, 5.41) is 7.98. The minimum Gasteiger partial charge on any atom is -0.381 e. The van der Waals surface area contributed by atoms with E-state index >= 15 is 0 Å². The van der Waals surface area contributed by atoms with Gasteiger partial charge in [0.25, 0.3) is 11.5 Å². The highest BCUT2D eigenvalue weighted by molar-refractivity contribution is 5.95. The van der Waals surface area contributed by atoms with Gasteiger partial charge in [-0.15, -0.1) is 0 Å². The van der Waals surface area contributed by atoms with Crippen LogP contribution < -0.4 is 5.56 Å². The molecule has 1 fully saturated rings. The highest BCUT2D eigenvalue weighted by atomic mass is 19.1. The first-order valence-electron chi connectivity index (χ1n) is 10.0. The number of hydrogen-bond donors (Lipinski definition) is 1. The van der Waals surface area contributed by atoms with Crippen LogP contribution >= 0.6 is 0 Å². The van der Waals surface area contributed by atoms with E-state index in [4.69, 9.17) is 4.74 Å². The Bertz CT molecular complexity index is 1140.